The first-order chi connectivity index (χ1) is 16.7. The molecule has 3 heterocycles. The number of aliphatic hydroxyl groups is 1. The maximum atomic E-state index is 13.7. The normalized spacial score (nSPS) is 20.8. The van der Waals surface area contributed by atoms with Crippen LogP contribution in [-0.2, 0) is 9.59 Å². The highest BCUT2D eigenvalue weighted by Gasteiger charge is 2.45. The number of hydrogen-bond donors (Lipinski definition) is 2. The molecule has 1 saturated carbocycles. The standard InChI is InChI=1S/C24H31N7O4/c1-24(2,3)21(31-14-18(28-29-31)16-5-6-16)23(34)30-13-17(32)10-19(30)22(33)26-8-9-35-20-7-4-15(11-25)12-27-20/h4,7,12,14,16-17,19,21,32H,5-6,8-10,13H2,1-3H3,(H,26,33)/t17-,19+,21-/m1/s1. The minimum absolute atomic E-state index is 0.0827. The van der Waals surface area contributed by atoms with Crippen molar-refractivity contribution in [1.82, 2.24) is 30.2 Å². The molecular formula is C24H31N7O4. The smallest absolute Gasteiger partial charge is 0.248 e. The molecule has 186 valence electrons. The molecule has 2 aromatic heterocycles. The van der Waals surface area contributed by atoms with Gasteiger partial charge in [0.05, 0.1) is 23.9 Å². The van der Waals surface area contributed by atoms with Crippen LogP contribution in [-0.4, -0.2) is 73.6 Å². The Labute approximate surface area is 204 Å². The lowest BCUT2D eigenvalue weighted by molar-refractivity contribution is -0.144. The Hall–Kier alpha value is -3.52. The monoisotopic (exact) mass is 481 g/mol. The molecule has 0 radical (unpaired) electrons. The number of carbonyl (C=O) groups is 2. The van der Waals surface area contributed by atoms with Crippen LogP contribution in [0.3, 0.4) is 0 Å². The number of hydrogen-bond acceptors (Lipinski definition) is 8. The fourth-order valence-corrected chi connectivity index (χ4v) is 4.31. The first-order valence-electron chi connectivity index (χ1n) is 11.8. The Bertz CT molecular complexity index is 1100. The van der Waals surface area contributed by atoms with E-state index in [4.69, 9.17) is 10.00 Å². The van der Waals surface area contributed by atoms with Gasteiger partial charge in [0, 0.05) is 37.3 Å². The van der Waals surface area contributed by atoms with Crippen LogP contribution in [0.25, 0.3) is 0 Å². The molecule has 4 rings (SSSR count). The van der Waals surface area contributed by atoms with Gasteiger partial charge in [-0.25, -0.2) is 9.67 Å². The second kappa shape index (κ2) is 10.00. The third kappa shape index (κ3) is 5.77. The minimum atomic E-state index is -0.790. The average Bonchev–Trinajstić information content (AvgIpc) is 3.43. The van der Waals surface area contributed by atoms with Crippen molar-refractivity contribution >= 4 is 11.8 Å². The summed E-state index contributed by atoms with van der Waals surface area (Å²) >= 11 is 0. The van der Waals surface area contributed by atoms with Crippen LogP contribution in [0.2, 0.25) is 0 Å². The third-order valence-electron chi connectivity index (χ3n) is 6.22. The van der Waals surface area contributed by atoms with Crippen molar-refractivity contribution < 1.29 is 19.4 Å². The second-order valence-electron chi connectivity index (χ2n) is 10.2. The quantitative estimate of drug-likeness (QED) is 0.534. The summed E-state index contributed by atoms with van der Waals surface area (Å²) in [6, 6.07) is 3.71. The van der Waals surface area contributed by atoms with Gasteiger partial charge in [0.2, 0.25) is 17.7 Å². The van der Waals surface area contributed by atoms with E-state index < -0.39 is 23.6 Å². The van der Waals surface area contributed by atoms with Gasteiger partial charge in [-0.3, -0.25) is 9.59 Å². The van der Waals surface area contributed by atoms with Gasteiger partial charge >= 0.3 is 0 Å². The van der Waals surface area contributed by atoms with Gasteiger partial charge in [-0.2, -0.15) is 5.26 Å². The summed E-state index contributed by atoms with van der Waals surface area (Å²) < 4.78 is 7.10. The molecule has 2 aromatic rings. The van der Waals surface area contributed by atoms with Gasteiger partial charge in [0.15, 0.2) is 0 Å². The predicted molar refractivity (Wildman–Crippen MR) is 124 cm³/mol. The number of nitriles is 1. The third-order valence-corrected chi connectivity index (χ3v) is 6.22. The Morgan fingerprint density at radius 3 is 2.74 bits per heavy atom. The summed E-state index contributed by atoms with van der Waals surface area (Å²) in [5.41, 5.74) is 0.834. The lowest BCUT2D eigenvalue weighted by Gasteiger charge is -2.34. The lowest BCUT2D eigenvalue weighted by atomic mass is 9.85. The highest BCUT2D eigenvalue weighted by atomic mass is 16.5. The number of pyridine rings is 1. The number of nitrogens with zero attached hydrogens (tertiary/aromatic N) is 6. The minimum Gasteiger partial charge on any atom is -0.476 e. The van der Waals surface area contributed by atoms with Crippen molar-refractivity contribution in [3.05, 3.63) is 35.8 Å². The zero-order chi connectivity index (χ0) is 25.2. The number of carbonyl (C=O) groups excluding carboxylic acids is 2. The molecule has 2 amide bonds. The summed E-state index contributed by atoms with van der Waals surface area (Å²) in [6.45, 7) is 6.30. The van der Waals surface area contributed by atoms with Gasteiger partial charge in [-0.15, -0.1) is 5.10 Å². The van der Waals surface area contributed by atoms with E-state index in [1.807, 2.05) is 33.0 Å². The van der Waals surface area contributed by atoms with Crippen LogP contribution >= 0.6 is 0 Å². The SMILES string of the molecule is CC(C)(C)[C@@H](C(=O)N1C[C@H](O)C[C@H]1C(=O)NCCOc1ccc(C#N)cn1)n1cc(C2CC2)nn1. The molecule has 2 aliphatic rings. The number of ether oxygens (including phenoxy) is 1. The van der Waals surface area contributed by atoms with E-state index in [0.717, 1.165) is 18.5 Å². The number of β-amino-alcohol motifs (C(OH)–C–C–N with tert-alkyl or cyclic N) is 1. The zero-order valence-corrected chi connectivity index (χ0v) is 20.2. The summed E-state index contributed by atoms with van der Waals surface area (Å²) in [5.74, 6) is 0.141. The molecule has 11 heteroatoms. The molecule has 2 N–H and O–H groups in total. The molecule has 11 nitrogen and oxygen atoms in total. The fraction of sp³-hybridized carbons (Fsp3) is 0.583. The maximum Gasteiger partial charge on any atom is 0.248 e. The highest BCUT2D eigenvalue weighted by Crippen LogP contribution is 2.40. The molecule has 3 atom stereocenters. The Morgan fingerprint density at radius 1 is 1.34 bits per heavy atom. The average molecular weight is 482 g/mol. The number of amides is 2. The summed E-state index contributed by atoms with van der Waals surface area (Å²) in [6.07, 6.45) is 4.79. The molecular weight excluding hydrogens is 450 g/mol. The summed E-state index contributed by atoms with van der Waals surface area (Å²) in [4.78, 5) is 32.1. The molecule has 0 spiro atoms. The molecule has 35 heavy (non-hydrogen) atoms. The van der Waals surface area contributed by atoms with E-state index in [2.05, 4.69) is 20.6 Å². The van der Waals surface area contributed by atoms with Gasteiger partial charge < -0.3 is 20.1 Å². The van der Waals surface area contributed by atoms with E-state index in [1.54, 1.807) is 16.8 Å². The highest BCUT2D eigenvalue weighted by molar-refractivity contribution is 5.90. The van der Waals surface area contributed by atoms with Crippen molar-refractivity contribution in [2.45, 2.75) is 64.1 Å². The first-order valence-corrected chi connectivity index (χ1v) is 11.8. The number of nitrogens with one attached hydrogen (secondary N) is 1. The van der Waals surface area contributed by atoms with Gasteiger partial charge in [0.1, 0.15) is 24.8 Å². The van der Waals surface area contributed by atoms with Crippen LogP contribution in [0.1, 0.15) is 63.3 Å². The number of likely N-dealkylation sites (tertiary alicyclic amines) is 1. The van der Waals surface area contributed by atoms with Gasteiger partial charge in [0.25, 0.3) is 0 Å². The first kappa shape index (κ1) is 24.6. The molecule has 0 aromatic carbocycles. The van der Waals surface area contributed by atoms with Gasteiger partial charge in [-0.1, -0.05) is 26.0 Å². The topological polar surface area (TPSA) is 146 Å². The van der Waals surface area contributed by atoms with Crippen LogP contribution < -0.4 is 10.1 Å². The van der Waals surface area contributed by atoms with E-state index >= 15 is 0 Å². The number of rotatable bonds is 8. The molecule has 2 fully saturated rings. The van der Waals surface area contributed by atoms with Crippen molar-refractivity contribution in [2.24, 2.45) is 5.41 Å². The molecule has 0 unspecified atom stereocenters. The summed E-state index contributed by atoms with van der Waals surface area (Å²) in [5, 5.41) is 30.4. The van der Waals surface area contributed by atoms with Crippen molar-refractivity contribution in [2.75, 3.05) is 19.7 Å². The van der Waals surface area contributed by atoms with Crippen molar-refractivity contribution in [1.29, 1.82) is 5.26 Å². The Morgan fingerprint density at radius 2 is 2.11 bits per heavy atom. The van der Waals surface area contributed by atoms with Crippen LogP contribution in [0.15, 0.2) is 24.5 Å². The van der Waals surface area contributed by atoms with E-state index in [0.29, 0.717) is 17.4 Å². The zero-order valence-electron chi connectivity index (χ0n) is 20.2. The predicted octanol–water partition coefficient (Wildman–Crippen LogP) is 1.17. The summed E-state index contributed by atoms with van der Waals surface area (Å²) in [7, 11) is 0. The van der Waals surface area contributed by atoms with Crippen LogP contribution in [0.4, 0.5) is 0 Å². The molecule has 1 aliphatic heterocycles. The van der Waals surface area contributed by atoms with Crippen LogP contribution in [0, 0.1) is 16.7 Å². The number of aromatic nitrogens is 4. The fourth-order valence-electron chi connectivity index (χ4n) is 4.31. The number of aliphatic hydroxyl groups excluding tert-OH is 1. The molecule has 1 aliphatic carbocycles. The molecule has 0 bridgehead atoms. The van der Waals surface area contributed by atoms with Crippen molar-refractivity contribution in [3.63, 3.8) is 0 Å². The van der Waals surface area contributed by atoms with Crippen LogP contribution in [0.5, 0.6) is 5.88 Å². The van der Waals surface area contributed by atoms with E-state index in [-0.39, 0.29) is 37.9 Å². The maximum absolute atomic E-state index is 13.7. The molecule has 1 saturated heterocycles. The Kier molecular flexibility index (Phi) is 7.03. The Balaban J connectivity index is 1.39. The van der Waals surface area contributed by atoms with Crippen molar-refractivity contribution in [3.8, 4) is 11.9 Å². The largest absolute Gasteiger partial charge is 0.476 e. The van der Waals surface area contributed by atoms with Gasteiger partial charge in [-0.05, 0) is 24.3 Å². The van der Waals surface area contributed by atoms with E-state index in [1.165, 1.54) is 11.1 Å². The van der Waals surface area contributed by atoms with E-state index in [9.17, 15) is 14.7 Å². The lowest BCUT2D eigenvalue weighted by Crippen LogP contribution is -2.50. The second-order valence-corrected chi connectivity index (χ2v) is 10.2.